The van der Waals surface area contributed by atoms with Crippen LogP contribution < -0.4 is 20.4 Å². The number of benzene rings is 2. The van der Waals surface area contributed by atoms with Crippen molar-refractivity contribution in [2.45, 2.75) is 32.7 Å². The van der Waals surface area contributed by atoms with Gasteiger partial charge in [-0.2, -0.15) is 0 Å². The van der Waals surface area contributed by atoms with Crippen LogP contribution in [0.2, 0.25) is 0 Å². The Morgan fingerprint density at radius 3 is 2.54 bits per heavy atom. The van der Waals surface area contributed by atoms with Gasteiger partial charge in [0.15, 0.2) is 5.75 Å². The molecule has 0 radical (unpaired) electrons. The second-order valence-electron chi connectivity index (χ2n) is 8.58. The zero-order valence-electron chi connectivity index (χ0n) is 20.4. The van der Waals surface area contributed by atoms with Gasteiger partial charge in [-0.15, -0.1) is 13.2 Å². The molecule has 0 saturated carbocycles. The predicted octanol–water partition coefficient (Wildman–Crippen LogP) is 4.74. The third-order valence-electron chi connectivity index (χ3n) is 5.96. The number of halogens is 3. The van der Waals surface area contributed by atoms with Crippen molar-refractivity contribution in [2.24, 2.45) is 0 Å². The van der Waals surface area contributed by atoms with Gasteiger partial charge >= 0.3 is 12.0 Å². The van der Waals surface area contributed by atoms with E-state index in [1.165, 1.54) is 25.3 Å². The van der Waals surface area contributed by atoms with Crippen LogP contribution in [0.4, 0.5) is 18.9 Å². The van der Waals surface area contributed by atoms with Gasteiger partial charge in [0.25, 0.3) is 5.91 Å². The molecule has 1 aromatic heterocycles. The van der Waals surface area contributed by atoms with Crippen molar-refractivity contribution in [1.29, 1.82) is 0 Å². The van der Waals surface area contributed by atoms with E-state index < -0.39 is 23.6 Å². The minimum absolute atomic E-state index is 0.228. The van der Waals surface area contributed by atoms with Gasteiger partial charge in [0.05, 0.1) is 26.0 Å². The SMILES string of the molecule is CCCc1c(OC)ccc2cc(C(=O)Nc3ccc(CN4CCOCC4)cc3OC(F)(F)F)c(=O)oc12. The number of alkyl halides is 3. The van der Waals surface area contributed by atoms with Gasteiger partial charge in [-0.3, -0.25) is 9.69 Å². The third kappa shape index (κ3) is 6.41. The van der Waals surface area contributed by atoms with E-state index in [-0.39, 0.29) is 11.3 Å². The molecule has 0 aliphatic carbocycles. The molecule has 3 aromatic rings. The van der Waals surface area contributed by atoms with E-state index in [2.05, 4.69) is 10.1 Å². The Labute approximate surface area is 210 Å². The minimum atomic E-state index is -4.98. The molecular formula is C26H27F3N2O6. The topological polar surface area (TPSA) is 90.2 Å². The Morgan fingerprint density at radius 1 is 1.11 bits per heavy atom. The first kappa shape index (κ1) is 26.5. The highest BCUT2D eigenvalue weighted by atomic mass is 19.4. The van der Waals surface area contributed by atoms with Crippen LogP contribution in [0.25, 0.3) is 11.0 Å². The monoisotopic (exact) mass is 520 g/mol. The lowest BCUT2D eigenvalue weighted by Crippen LogP contribution is -2.35. The summed E-state index contributed by atoms with van der Waals surface area (Å²) in [7, 11) is 1.51. The van der Waals surface area contributed by atoms with Gasteiger partial charge in [0, 0.05) is 30.6 Å². The fourth-order valence-electron chi connectivity index (χ4n) is 4.24. The number of carbonyl (C=O) groups excluding carboxylic acids is 1. The largest absolute Gasteiger partial charge is 0.573 e. The number of amides is 1. The van der Waals surface area contributed by atoms with Crippen molar-refractivity contribution in [3.05, 3.63) is 63.5 Å². The molecule has 8 nitrogen and oxygen atoms in total. The van der Waals surface area contributed by atoms with Crippen molar-refractivity contribution in [3.8, 4) is 11.5 Å². The summed E-state index contributed by atoms with van der Waals surface area (Å²) in [6.07, 6.45) is -3.62. The summed E-state index contributed by atoms with van der Waals surface area (Å²) >= 11 is 0. The number of rotatable bonds is 8. The molecule has 1 saturated heterocycles. The standard InChI is InChI=1S/C26H27F3N2O6/c1-3-4-18-21(34-2)8-6-17-14-19(25(33)36-23(17)18)24(32)30-20-7-5-16(13-22(20)37-26(27,28)29)15-31-9-11-35-12-10-31/h5-8,13-14H,3-4,9-12,15H2,1-2H3,(H,30,32). The molecule has 2 aromatic carbocycles. The van der Waals surface area contributed by atoms with Crippen molar-refractivity contribution in [1.82, 2.24) is 4.90 Å². The molecule has 1 N–H and O–H groups in total. The zero-order valence-corrected chi connectivity index (χ0v) is 20.4. The minimum Gasteiger partial charge on any atom is -0.496 e. The number of nitrogens with zero attached hydrogens (tertiary/aromatic N) is 1. The molecule has 1 aliphatic heterocycles. The fraction of sp³-hybridized carbons (Fsp3) is 0.385. The number of nitrogens with one attached hydrogen (secondary N) is 1. The predicted molar refractivity (Wildman–Crippen MR) is 130 cm³/mol. The van der Waals surface area contributed by atoms with E-state index in [4.69, 9.17) is 13.9 Å². The highest BCUT2D eigenvalue weighted by Gasteiger charge is 2.33. The number of hydrogen-bond donors (Lipinski definition) is 1. The van der Waals surface area contributed by atoms with E-state index in [1.54, 1.807) is 18.2 Å². The Bertz CT molecular complexity index is 1330. The number of morpholine rings is 1. The summed E-state index contributed by atoms with van der Waals surface area (Å²) in [5.74, 6) is -0.941. The molecule has 198 valence electrons. The molecule has 0 spiro atoms. The highest BCUT2D eigenvalue weighted by Crippen LogP contribution is 2.33. The normalized spacial score (nSPS) is 14.5. The molecule has 2 heterocycles. The van der Waals surface area contributed by atoms with E-state index in [9.17, 15) is 22.8 Å². The lowest BCUT2D eigenvalue weighted by Gasteiger charge is -2.27. The smallest absolute Gasteiger partial charge is 0.496 e. The van der Waals surface area contributed by atoms with Crippen molar-refractivity contribution < 1.29 is 36.6 Å². The number of carbonyl (C=O) groups is 1. The molecule has 11 heteroatoms. The Hall–Kier alpha value is -3.57. The Morgan fingerprint density at radius 2 is 1.86 bits per heavy atom. The third-order valence-corrected chi connectivity index (χ3v) is 5.96. The quantitative estimate of drug-likeness (QED) is 0.429. The summed E-state index contributed by atoms with van der Waals surface area (Å²) in [5, 5.41) is 2.85. The van der Waals surface area contributed by atoms with Crippen LogP contribution >= 0.6 is 0 Å². The molecule has 0 atom stereocenters. The molecule has 37 heavy (non-hydrogen) atoms. The zero-order chi connectivity index (χ0) is 26.6. The molecule has 0 bridgehead atoms. The second-order valence-corrected chi connectivity index (χ2v) is 8.58. The van der Waals surface area contributed by atoms with Crippen molar-refractivity contribution in [3.63, 3.8) is 0 Å². The van der Waals surface area contributed by atoms with Crippen LogP contribution in [-0.4, -0.2) is 50.6 Å². The highest BCUT2D eigenvalue weighted by molar-refractivity contribution is 6.06. The maximum atomic E-state index is 13.1. The molecule has 1 amide bonds. The summed E-state index contributed by atoms with van der Waals surface area (Å²) < 4.78 is 59.7. The van der Waals surface area contributed by atoms with Crippen molar-refractivity contribution in [2.75, 3.05) is 38.7 Å². The summed E-state index contributed by atoms with van der Waals surface area (Å²) in [5.41, 5.74) is 0.0728. The van der Waals surface area contributed by atoms with Gasteiger partial charge in [-0.05, 0) is 42.3 Å². The van der Waals surface area contributed by atoms with Gasteiger partial charge in [-0.25, -0.2) is 4.79 Å². The first-order chi connectivity index (χ1) is 17.7. The molecule has 1 fully saturated rings. The maximum Gasteiger partial charge on any atom is 0.573 e. The number of anilines is 1. The van der Waals surface area contributed by atoms with Crippen LogP contribution in [0.15, 0.2) is 45.6 Å². The Balaban J connectivity index is 1.64. The molecule has 1 aliphatic rings. The summed E-state index contributed by atoms with van der Waals surface area (Å²) in [6, 6.07) is 8.85. The molecular weight excluding hydrogens is 493 g/mol. The van der Waals surface area contributed by atoms with Crippen molar-refractivity contribution >= 4 is 22.6 Å². The van der Waals surface area contributed by atoms with E-state index >= 15 is 0 Å². The van der Waals surface area contributed by atoms with E-state index in [0.717, 1.165) is 6.42 Å². The lowest BCUT2D eigenvalue weighted by molar-refractivity contribution is -0.274. The fourth-order valence-corrected chi connectivity index (χ4v) is 4.24. The van der Waals surface area contributed by atoms with E-state index in [0.29, 0.717) is 67.1 Å². The van der Waals surface area contributed by atoms with Gasteiger partial charge in [0.1, 0.15) is 16.9 Å². The van der Waals surface area contributed by atoms with Gasteiger partial charge < -0.3 is 23.9 Å². The number of fused-ring (bicyclic) bond motifs is 1. The molecule has 0 unspecified atom stereocenters. The number of hydrogen-bond acceptors (Lipinski definition) is 7. The van der Waals surface area contributed by atoms with E-state index in [1.807, 2.05) is 11.8 Å². The average Bonchev–Trinajstić information content (AvgIpc) is 2.85. The van der Waals surface area contributed by atoms with Crippen LogP contribution in [0.5, 0.6) is 11.5 Å². The van der Waals surface area contributed by atoms with Crippen LogP contribution in [0, 0.1) is 0 Å². The van der Waals surface area contributed by atoms with Crippen LogP contribution in [0.3, 0.4) is 0 Å². The summed E-state index contributed by atoms with van der Waals surface area (Å²) in [6.45, 7) is 4.74. The van der Waals surface area contributed by atoms with Crippen LogP contribution in [0.1, 0.15) is 34.8 Å². The summed E-state index contributed by atoms with van der Waals surface area (Å²) in [4.78, 5) is 27.7. The van der Waals surface area contributed by atoms with Gasteiger partial charge in [0.2, 0.25) is 0 Å². The number of methoxy groups -OCH3 is 1. The second kappa shape index (κ2) is 11.2. The first-order valence-corrected chi connectivity index (χ1v) is 11.8. The first-order valence-electron chi connectivity index (χ1n) is 11.8. The Kier molecular flexibility index (Phi) is 8.03. The maximum absolute atomic E-state index is 13.1. The lowest BCUT2D eigenvalue weighted by atomic mass is 10.0. The average molecular weight is 521 g/mol. The van der Waals surface area contributed by atoms with Crippen LogP contribution in [-0.2, 0) is 17.7 Å². The number of aryl methyl sites for hydroxylation is 1. The van der Waals surface area contributed by atoms with Gasteiger partial charge in [-0.1, -0.05) is 19.4 Å². The molecule has 4 rings (SSSR count). The number of ether oxygens (including phenoxy) is 3.